The van der Waals surface area contributed by atoms with E-state index in [2.05, 4.69) is 27.8 Å². The fourth-order valence-electron chi connectivity index (χ4n) is 9.71. The number of nitrogens with one attached hydrogen (secondary N) is 3. The Morgan fingerprint density at radius 1 is 0.939 bits per heavy atom. The zero-order valence-corrected chi connectivity index (χ0v) is 37.3. The van der Waals surface area contributed by atoms with Crippen molar-refractivity contribution in [1.82, 2.24) is 25.5 Å². The molecule has 0 spiro atoms. The molecule has 14 nitrogen and oxygen atoms in total. The van der Waals surface area contributed by atoms with Gasteiger partial charge in [-0.1, -0.05) is 62.9 Å². The number of cyclic esters (lactones) is 1. The second-order valence-electron chi connectivity index (χ2n) is 17.8. The van der Waals surface area contributed by atoms with E-state index in [-0.39, 0.29) is 61.9 Å². The number of aromatic nitrogens is 2. The first-order chi connectivity index (χ1) is 31.6. The van der Waals surface area contributed by atoms with E-state index in [0.29, 0.717) is 63.1 Å². The third kappa shape index (κ3) is 7.48. The van der Waals surface area contributed by atoms with Gasteiger partial charge in [-0.05, 0) is 85.5 Å². The molecule has 0 unspecified atom stereocenters. The molecule has 15 heteroatoms. The van der Waals surface area contributed by atoms with Crippen LogP contribution in [0.4, 0.5) is 10.1 Å². The number of anilines is 1. The Kier molecular flexibility index (Phi) is 11.3. The quantitative estimate of drug-likeness (QED) is 0.108. The lowest BCUT2D eigenvalue weighted by Gasteiger charge is -2.31. The summed E-state index contributed by atoms with van der Waals surface area (Å²) in [5, 5.41) is 20.7. The van der Waals surface area contributed by atoms with Crippen LogP contribution in [0.15, 0.2) is 65.5 Å². The molecule has 66 heavy (non-hydrogen) atoms. The SMILES string of the molecule is CC[C@@]1(O)C(=O)OCc2c1cc1n(c2=O)Cc2c-1nc1cc(F)c(C)c3c1c2[C@@H](NC(=O)[C@H](C)NC(=O)[C@@H](NC(=O)CCC(=O)N1Cc2ccccc2C#Cc2ccccc21)C(C)C)CC3. The van der Waals surface area contributed by atoms with Crippen LogP contribution in [0, 0.1) is 30.5 Å². The maximum atomic E-state index is 15.5. The summed E-state index contributed by atoms with van der Waals surface area (Å²) in [6, 6.07) is 15.2. The Balaban J connectivity index is 0.914. The summed E-state index contributed by atoms with van der Waals surface area (Å²) in [5.74, 6) is 2.81. The number of benzene rings is 3. The largest absolute Gasteiger partial charge is 0.458 e. The van der Waals surface area contributed by atoms with E-state index in [9.17, 15) is 33.9 Å². The van der Waals surface area contributed by atoms with Gasteiger partial charge in [-0.25, -0.2) is 14.2 Å². The first-order valence-electron chi connectivity index (χ1n) is 22.3. The number of esters is 1. The summed E-state index contributed by atoms with van der Waals surface area (Å²) in [7, 11) is 0. The molecule has 1 aliphatic carbocycles. The molecular weight excluding hydrogens is 844 g/mol. The lowest BCUT2D eigenvalue weighted by atomic mass is 9.81. The molecule has 5 aromatic rings. The number of aryl methyl sites for hydroxylation is 1. The highest BCUT2D eigenvalue weighted by atomic mass is 19.1. The number of ether oxygens (including phenoxy) is 1. The second-order valence-corrected chi connectivity index (χ2v) is 17.8. The summed E-state index contributed by atoms with van der Waals surface area (Å²) in [6.07, 6.45) is 0.452. The second kappa shape index (κ2) is 17.0. The number of hydrogen-bond acceptors (Lipinski definition) is 9. The van der Waals surface area contributed by atoms with Gasteiger partial charge in [0.05, 0.1) is 47.3 Å². The summed E-state index contributed by atoms with van der Waals surface area (Å²) >= 11 is 0. The number of nitrogens with zero attached hydrogens (tertiary/aromatic N) is 3. The molecule has 3 aromatic carbocycles. The Labute approximate surface area is 379 Å². The van der Waals surface area contributed by atoms with Crippen molar-refractivity contribution >= 4 is 46.2 Å². The number of hydrogen-bond donors (Lipinski definition) is 4. The van der Waals surface area contributed by atoms with E-state index in [0.717, 1.165) is 16.7 Å². The highest BCUT2D eigenvalue weighted by Crippen LogP contribution is 2.46. The summed E-state index contributed by atoms with van der Waals surface area (Å²) in [5.41, 5.74) is 4.40. The van der Waals surface area contributed by atoms with Gasteiger partial charge in [-0.15, -0.1) is 0 Å². The van der Waals surface area contributed by atoms with Gasteiger partial charge in [0.1, 0.15) is 24.5 Å². The van der Waals surface area contributed by atoms with E-state index in [1.54, 1.807) is 38.7 Å². The Morgan fingerprint density at radius 2 is 1.67 bits per heavy atom. The maximum absolute atomic E-state index is 15.5. The molecule has 4 atom stereocenters. The molecule has 3 aliphatic heterocycles. The number of amides is 4. The fourth-order valence-corrected chi connectivity index (χ4v) is 9.71. The normalized spacial score (nSPS) is 18.5. The monoisotopic (exact) mass is 892 g/mol. The highest BCUT2D eigenvalue weighted by Gasteiger charge is 2.46. The Bertz CT molecular complexity index is 3060. The average Bonchev–Trinajstić information content (AvgIpc) is 3.67. The molecule has 0 saturated heterocycles. The third-order valence-corrected chi connectivity index (χ3v) is 13.5. The van der Waals surface area contributed by atoms with Crippen molar-refractivity contribution in [3.8, 4) is 23.2 Å². The van der Waals surface area contributed by atoms with Crippen molar-refractivity contribution in [2.24, 2.45) is 5.92 Å². The fraction of sp³-hybridized carbons (Fsp3) is 0.353. The molecule has 4 aliphatic rings. The molecule has 2 aromatic heterocycles. The van der Waals surface area contributed by atoms with Crippen LogP contribution in [0.1, 0.15) is 109 Å². The maximum Gasteiger partial charge on any atom is 0.343 e. The van der Waals surface area contributed by atoms with E-state index in [1.807, 2.05) is 48.5 Å². The summed E-state index contributed by atoms with van der Waals surface area (Å²) in [4.78, 5) is 88.4. The molecule has 338 valence electrons. The van der Waals surface area contributed by atoms with Crippen LogP contribution in [-0.4, -0.2) is 56.3 Å². The topological polar surface area (TPSA) is 189 Å². The van der Waals surface area contributed by atoms with Crippen molar-refractivity contribution in [1.29, 1.82) is 0 Å². The van der Waals surface area contributed by atoms with Gasteiger partial charge in [-0.3, -0.25) is 24.0 Å². The number of halogens is 1. The Hall–Kier alpha value is -7.18. The average molecular weight is 893 g/mol. The predicted octanol–water partition coefficient (Wildman–Crippen LogP) is 5.00. The van der Waals surface area contributed by atoms with Crippen molar-refractivity contribution < 1.29 is 38.2 Å². The molecular formula is C51H49FN6O8. The van der Waals surface area contributed by atoms with Crippen LogP contribution in [0.5, 0.6) is 0 Å². The minimum absolute atomic E-state index is 0.0333. The van der Waals surface area contributed by atoms with Gasteiger partial charge in [-0.2, -0.15) is 0 Å². The van der Waals surface area contributed by atoms with Crippen LogP contribution < -0.4 is 26.4 Å². The van der Waals surface area contributed by atoms with Gasteiger partial charge in [0.25, 0.3) is 5.56 Å². The minimum atomic E-state index is -2.04. The highest BCUT2D eigenvalue weighted by molar-refractivity contribution is 5.98. The van der Waals surface area contributed by atoms with Crippen molar-refractivity contribution in [3.63, 3.8) is 0 Å². The lowest BCUT2D eigenvalue weighted by Crippen LogP contribution is -2.54. The predicted molar refractivity (Wildman–Crippen MR) is 242 cm³/mol. The third-order valence-electron chi connectivity index (χ3n) is 13.5. The minimum Gasteiger partial charge on any atom is -0.458 e. The Morgan fingerprint density at radius 3 is 2.42 bits per heavy atom. The van der Waals surface area contributed by atoms with Crippen LogP contribution >= 0.6 is 0 Å². The zero-order chi connectivity index (χ0) is 46.8. The standard InChI is InChI=1S/C51H49FN6O8/c1-6-51(65)35-21-40-46-33(24-58(40)49(63)34(35)25-66-50(51)64)44-37(18-17-32-27(4)36(52)22-38(54-46)43(32)44)55-47(61)28(5)53-48(62)45(26(2)3)56-41(59)19-20-42(60)57-23-31-13-8-7-11-29(31)15-16-30-12-9-10-14-39(30)57/h7-14,21-22,26,28,37,45,65H,6,17-20,23-25H2,1-5H3,(H,53,62)(H,55,61)(H,56,59)/t28-,37-,45-,51-/m0/s1. The molecule has 9 rings (SSSR count). The van der Waals surface area contributed by atoms with E-state index in [1.165, 1.54) is 17.6 Å². The number of aliphatic hydroxyl groups is 1. The molecule has 0 fully saturated rings. The number of rotatable bonds is 10. The van der Waals surface area contributed by atoms with Gasteiger partial charge in [0.2, 0.25) is 23.6 Å². The van der Waals surface area contributed by atoms with Crippen molar-refractivity contribution in [3.05, 3.63) is 127 Å². The number of fused-ring (bicyclic) bond motifs is 7. The van der Waals surface area contributed by atoms with Crippen LogP contribution in [-0.2, 0) is 60.4 Å². The number of para-hydroxylation sites is 1. The first kappa shape index (κ1) is 44.0. The smallest absolute Gasteiger partial charge is 0.343 e. The molecule has 4 amide bonds. The summed E-state index contributed by atoms with van der Waals surface area (Å²) in [6.45, 7) is 8.43. The molecule has 0 radical (unpaired) electrons. The van der Waals surface area contributed by atoms with E-state index in [4.69, 9.17) is 9.72 Å². The first-order valence-corrected chi connectivity index (χ1v) is 22.3. The molecule has 4 N–H and O–H groups in total. The van der Waals surface area contributed by atoms with E-state index < -0.39 is 58.8 Å². The zero-order valence-electron chi connectivity index (χ0n) is 37.3. The number of carbonyl (C=O) groups excluding carboxylic acids is 5. The lowest BCUT2D eigenvalue weighted by molar-refractivity contribution is -0.172. The van der Waals surface area contributed by atoms with Crippen LogP contribution in [0.25, 0.3) is 22.3 Å². The van der Waals surface area contributed by atoms with Crippen molar-refractivity contribution in [2.45, 2.75) is 110 Å². The molecule has 0 saturated carbocycles. The van der Waals surface area contributed by atoms with Gasteiger partial charge < -0.3 is 35.3 Å². The summed E-state index contributed by atoms with van der Waals surface area (Å²) < 4.78 is 22.2. The van der Waals surface area contributed by atoms with Gasteiger partial charge in [0, 0.05) is 46.5 Å². The molecule has 5 heterocycles. The number of carbonyl (C=O) groups is 5. The van der Waals surface area contributed by atoms with Gasteiger partial charge >= 0.3 is 5.97 Å². The van der Waals surface area contributed by atoms with Crippen LogP contribution in [0.2, 0.25) is 0 Å². The van der Waals surface area contributed by atoms with Gasteiger partial charge in [0.15, 0.2) is 5.60 Å². The van der Waals surface area contributed by atoms with Crippen molar-refractivity contribution in [2.75, 3.05) is 4.90 Å². The van der Waals surface area contributed by atoms with E-state index >= 15 is 4.39 Å². The van der Waals surface area contributed by atoms with Crippen LogP contribution in [0.3, 0.4) is 0 Å². The number of pyridine rings is 2. The molecule has 0 bridgehead atoms.